The lowest BCUT2D eigenvalue weighted by Gasteiger charge is -2.13. The van der Waals surface area contributed by atoms with E-state index in [0.29, 0.717) is 5.56 Å². The number of aryl methyl sites for hydroxylation is 1. The van der Waals surface area contributed by atoms with Crippen LogP contribution in [0, 0.1) is 18.3 Å². The molecule has 0 aromatic heterocycles. The monoisotopic (exact) mass is 233 g/mol. The van der Waals surface area contributed by atoms with Crippen molar-refractivity contribution in [3.8, 4) is 6.07 Å². The molecule has 0 N–H and O–H groups in total. The van der Waals surface area contributed by atoms with E-state index in [-0.39, 0.29) is 17.0 Å². The van der Waals surface area contributed by atoms with E-state index in [2.05, 4.69) is 0 Å². The Morgan fingerprint density at radius 2 is 2.00 bits per heavy atom. The lowest BCUT2D eigenvalue weighted by atomic mass is 9.99. The summed E-state index contributed by atoms with van der Waals surface area (Å²) >= 11 is 5.55. The molecule has 0 radical (unpaired) electrons. The molecule has 5 heteroatoms. The molecule has 0 saturated carbocycles. The third-order valence-corrected chi connectivity index (χ3v) is 2.22. The molecule has 1 rings (SSSR count). The highest BCUT2D eigenvalue weighted by Gasteiger charge is 2.34. The van der Waals surface area contributed by atoms with Gasteiger partial charge in [0.25, 0.3) is 0 Å². The van der Waals surface area contributed by atoms with Gasteiger partial charge < -0.3 is 0 Å². The molecular formula is C10H7ClF3N. The fourth-order valence-corrected chi connectivity index (χ4v) is 1.61. The van der Waals surface area contributed by atoms with Crippen molar-refractivity contribution >= 4 is 11.6 Å². The van der Waals surface area contributed by atoms with Crippen molar-refractivity contribution < 1.29 is 13.2 Å². The highest BCUT2D eigenvalue weighted by atomic mass is 35.5. The van der Waals surface area contributed by atoms with Gasteiger partial charge in [0.1, 0.15) is 0 Å². The summed E-state index contributed by atoms with van der Waals surface area (Å²) in [5, 5.41) is 8.48. The van der Waals surface area contributed by atoms with Crippen LogP contribution in [0.15, 0.2) is 12.1 Å². The molecule has 1 aromatic rings. The summed E-state index contributed by atoms with van der Waals surface area (Å²) in [4.78, 5) is 0. The SMILES string of the molecule is Cc1cc(Cl)cc(C(F)(F)F)c1CC#N. The molecule has 0 saturated heterocycles. The molecule has 0 unspecified atom stereocenters. The molecule has 1 aromatic carbocycles. The first-order chi connectivity index (χ1) is 6.86. The standard InChI is InChI=1S/C10H7ClF3N/c1-6-4-7(11)5-9(10(12,13)14)8(6)2-3-15/h4-5H,2H2,1H3. The Bertz CT molecular complexity index is 418. The van der Waals surface area contributed by atoms with E-state index in [1.807, 2.05) is 0 Å². The zero-order chi connectivity index (χ0) is 11.6. The van der Waals surface area contributed by atoms with Gasteiger partial charge in [0, 0.05) is 5.02 Å². The molecule has 1 nitrogen and oxygen atoms in total. The van der Waals surface area contributed by atoms with Crippen LogP contribution in [0.5, 0.6) is 0 Å². The van der Waals surface area contributed by atoms with Gasteiger partial charge in [-0.05, 0) is 30.2 Å². The summed E-state index contributed by atoms with van der Waals surface area (Å²) in [6.45, 7) is 1.51. The molecule has 0 aliphatic rings. The average Bonchev–Trinajstić information content (AvgIpc) is 2.07. The Hall–Kier alpha value is -1.21. The smallest absolute Gasteiger partial charge is 0.198 e. The summed E-state index contributed by atoms with van der Waals surface area (Å²) in [5.41, 5.74) is -0.445. The number of benzene rings is 1. The van der Waals surface area contributed by atoms with Gasteiger partial charge in [0.05, 0.1) is 18.1 Å². The Morgan fingerprint density at radius 1 is 1.40 bits per heavy atom. The van der Waals surface area contributed by atoms with Crippen molar-refractivity contribution in [3.63, 3.8) is 0 Å². The summed E-state index contributed by atoms with van der Waals surface area (Å²) in [6, 6.07) is 3.98. The van der Waals surface area contributed by atoms with E-state index in [0.717, 1.165) is 6.07 Å². The van der Waals surface area contributed by atoms with Gasteiger partial charge in [0.15, 0.2) is 0 Å². The Morgan fingerprint density at radius 3 is 2.47 bits per heavy atom. The largest absolute Gasteiger partial charge is 0.416 e. The van der Waals surface area contributed by atoms with E-state index in [9.17, 15) is 13.2 Å². The highest BCUT2D eigenvalue weighted by molar-refractivity contribution is 6.30. The van der Waals surface area contributed by atoms with Crippen LogP contribution in [0.4, 0.5) is 13.2 Å². The van der Waals surface area contributed by atoms with Crippen molar-refractivity contribution in [1.29, 1.82) is 5.26 Å². The molecule has 15 heavy (non-hydrogen) atoms. The fraction of sp³-hybridized carbons (Fsp3) is 0.300. The lowest BCUT2D eigenvalue weighted by molar-refractivity contribution is -0.138. The van der Waals surface area contributed by atoms with Crippen LogP contribution in [0.3, 0.4) is 0 Å². The molecule has 0 heterocycles. The van der Waals surface area contributed by atoms with Gasteiger partial charge in [-0.15, -0.1) is 0 Å². The van der Waals surface area contributed by atoms with Gasteiger partial charge in [-0.2, -0.15) is 18.4 Å². The highest BCUT2D eigenvalue weighted by Crippen LogP contribution is 2.35. The van der Waals surface area contributed by atoms with Crippen LogP contribution < -0.4 is 0 Å². The second-order valence-electron chi connectivity index (χ2n) is 3.08. The number of alkyl halides is 3. The fourth-order valence-electron chi connectivity index (χ4n) is 1.34. The molecule has 0 aliphatic carbocycles. The van der Waals surface area contributed by atoms with E-state index in [1.165, 1.54) is 13.0 Å². The molecule has 0 spiro atoms. The molecule has 0 fully saturated rings. The van der Waals surface area contributed by atoms with Crippen LogP contribution in [-0.4, -0.2) is 0 Å². The average molecular weight is 234 g/mol. The zero-order valence-corrected chi connectivity index (χ0v) is 8.58. The second kappa shape index (κ2) is 4.11. The quantitative estimate of drug-likeness (QED) is 0.725. The van der Waals surface area contributed by atoms with Crippen molar-refractivity contribution in [2.45, 2.75) is 19.5 Å². The van der Waals surface area contributed by atoms with Crippen molar-refractivity contribution in [3.05, 3.63) is 33.8 Å². The molecule has 0 bridgehead atoms. The van der Waals surface area contributed by atoms with Crippen molar-refractivity contribution in [2.75, 3.05) is 0 Å². The third-order valence-electron chi connectivity index (χ3n) is 2.00. The predicted molar refractivity (Wildman–Crippen MR) is 50.5 cm³/mol. The molecule has 0 aliphatic heterocycles. The van der Waals surface area contributed by atoms with Crippen LogP contribution in [0.2, 0.25) is 5.02 Å². The van der Waals surface area contributed by atoms with Gasteiger partial charge in [0.2, 0.25) is 0 Å². The number of rotatable bonds is 1. The van der Waals surface area contributed by atoms with Gasteiger partial charge >= 0.3 is 6.18 Å². The zero-order valence-electron chi connectivity index (χ0n) is 7.82. The van der Waals surface area contributed by atoms with Crippen LogP contribution in [0.1, 0.15) is 16.7 Å². The van der Waals surface area contributed by atoms with E-state index >= 15 is 0 Å². The van der Waals surface area contributed by atoms with Crippen molar-refractivity contribution in [1.82, 2.24) is 0 Å². The number of nitriles is 1. The van der Waals surface area contributed by atoms with E-state index in [1.54, 1.807) is 6.07 Å². The summed E-state index contributed by atoms with van der Waals surface area (Å²) in [7, 11) is 0. The van der Waals surface area contributed by atoms with Gasteiger partial charge in [-0.25, -0.2) is 0 Å². The first-order valence-electron chi connectivity index (χ1n) is 4.09. The van der Waals surface area contributed by atoms with Crippen LogP contribution in [-0.2, 0) is 12.6 Å². The summed E-state index contributed by atoms with van der Waals surface area (Å²) in [5.74, 6) is 0. The number of hydrogen-bond acceptors (Lipinski definition) is 1. The first kappa shape index (κ1) is 11.9. The minimum atomic E-state index is -4.47. The van der Waals surface area contributed by atoms with E-state index in [4.69, 9.17) is 16.9 Å². The molecular weight excluding hydrogens is 227 g/mol. The predicted octanol–water partition coefficient (Wildman–Crippen LogP) is 3.73. The number of nitrogens with zero attached hydrogens (tertiary/aromatic N) is 1. The Balaban J connectivity index is 3.41. The number of hydrogen-bond donors (Lipinski definition) is 0. The maximum absolute atomic E-state index is 12.6. The van der Waals surface area contributed by atoms with E-state index < -0.39 is 11.7 Å². The van der Waals surface area contributed by atoms with Crippen molar-refractivity contribution in [2.24, 2.45) is 0 Å². The first-order valence-corrected chi connectivity index (χ1v) is 4.47. The Kier molecular flexibility index (Phi) is 3.25. The van der Waals surface area contributed by atoms with Crippen LogP contribution in [0.25, 0.3) is 0 Å². The minimum absolute atomic E-state index is 0.00519. The topological polar surface area (TPSA) is 23.8 Å². The molecule has 0 amide bonds. The van der Waals surface area contributed by atoms with Crippen LogP contribution >= 0.6 is 11.6 Å². The lowest BCUT2D eigenvalue weighted by Crippen LogP contribution is -2.10. The van der Waals surface area contributed by atoms with Gasteiger partial charge in [-0.3, -0.25) is 0 Å². The van der Waals surface area contributed by atoms with Gasteiger partial charge in [-0.1, -0.05) is 11.6 Å². The second-order valence-corrected chi connectivity index (χ2v) is 3.52. The molecule has 0 atom stereocenters. The maximum Gasteiger partial charge on any atom is 0.416 e. The maximum atomic E-state index is 12.6. The summed E-state index contributed by atoms with van der Waals surface area (Å²) < 4.78 is 37.7. The molecule has 80 valence electrons. The number of halogens is 4. The third kappa shape index (κ3) is 2.63. The minimum Gasteiger partial charge on any atom is -0.198 e. The summed E-state index contributed by atoms with van der Waals surface area (Å²) in [6.07, 6.45) is -4.74. The normalized spacial score (nSPS) is 11.2. The Labute approximate surface area is 90.1 Å².